The van der Waals surface area contributed by atoms with Gasteiger partial charge < -0.3 is 9.09 Å². The van der Waals surface area contributed by atoms with Gasteiger partial charge in [0, 0.05) is 38.0 Å². The number of nitrogens with one attached hydrogen (secondary N) is 1. The Kier molecular flexibility index (Phi) is 6.42. The first-order chi connectivity index (χ1) is 14.3. The number of aryl methyl sites for hydroxylation is 2. The van der Waals surface area contributed by atoms with Crippen molar-refractivity contribution in [3.63, 3.8) is 0 Å². The third-order valence-corrected chi connectivity index (χ3v) is 6.98. The standard InChI is InChI=1S/C21H26N4O4S/c1-5-15-8-10-16(11-9-15)18-13-20(29-23-18)22-21(26)19-12-17(14-24(19)4)30(27,28)25(6-2)7-3/h8-14H,5-7H2,1-4H3,(H,22,26). The van der Waals surface area contributed by atoms with Gasteiger partial charge in [0.2, 0.25) is 15.9 Å². The molecule has 1 aromatic carbocycles. The molecule has 30 heavy (non-hydrogen) atoms. The summed E-state index contributed by atoms with van der Waals surface area (Å²) in [7, 11) is -2.03. The summed E-state index contributed by atoms with van der Waals surface area (Å²) in [4.78, 5) is 12.8. The summed E-state index contributed by atoms with van der Waals surface area (Å²) in [6.07, 6.45) is 2.38. The minimum atomic E-state index is -3.65. The lowest BCUT2D eigenvalue weighted by Gasteiger charge is -2.17. The van der Waals surface area contributed by atoms with Gasteiger partial charge >= 0.3 is 0 Å². The summed E-state index contributed by atoms with van der Waals surface area (Å²) < 4.78 is 33.5. The first kappa shape index (κ1) is 21.8. The molecule has 0 radical (unpaired) electrons. The van der Waals surface area contributed by atoms with Crippen molar-refractivity contribution >= 4 is 21.8 Å². The number of carbonyl (C=O) groups excluding carboxylic acids is 1. The number of hydrogen-bond acceptors (Lipinski definition) is 5. The number of aromatic nitrogens is 2. The molecule has 1 amide bonds. The molecule has 1 N–H and O–H groups in total. The Balaban J connectivity index is 1.78. The number of benzene rings is 1. The van der Waals surface area contributed by atoms with E-state index in [2.05, 4.69) is 17.4 Å². The van der Waals surface area contributed by atoms with E-state index in [9.17, 15) is 13.2 Å². The molecule has 3 aromatic rings. The molecule has 2 heterocycles. The molecule has 2 aromatic heterocycles. The maximum atomic E-state index is 12.7. The Labute approximate surface area is 176 Å². The number of anilines is 1. The number of hydrogen-bond donors (Lipinski definition) is 1. The van der Waals surface area contributed by atoms with Crippen molar-refractivity contribution in [2.75, 3.05) is 18.4 Å². The smallest absolute Gasteiger partial charge is 0.274 e. The average Bonchev–Trinajstić information content (AvgIpc) is 3.36. The Hall–Kier alpha value is -2.91. The van der Waals surface area contributed by atoms with Gasteiger partial charge in [-0.15, -0.1) is 0 Å². The van der Waals surface area contributed by atoms with E-state index in [1.807, 2.05) is 24.3 Å². The monoisotopic (exact) mass is 430 g/mol. The van der Waals surface area contributed by atoms with E-state index in [1.165, 1.54) is 26.7 Å². The molecule has 0 saturated carbocycles. The second kappa shape index (κ2) is 8.85. The van der Waals surface area contributed by atoms with Crippen LogP contribution in [0.2, 0.25) is 0 Å². The van der Waals surface area contributed by atoms with Crippen LogP contribution in [0, 0.1) is 0 Å². The fourth-order valence-corrected chi connectivity index (χ4v) is 4.70. The Morgan fingerprint density at radius 3 is 2.40 bits per heavy atom. The van der Waals surface area contributed by atoms with Crippen molar-refractivity contribution in [2.24, 2.45) is 7.05 Å². The molecule has 8 nitrogen and oxygen atoms in total. The molecule has 0 aliphatic rings. The van der Waals surface area contributed by atoms with Crippen LogP contribution in [-0.4, -0.2) is 41.4 Å². The van der Waals surface area contributed by atoms with Gasteiger partial charge in [-0.05, 0) is 18.1 Å². The van der Waals surface area contributed by atoms with Crippen LogP contribution >= 0.6 is 0 Å². The quantitative estimate of drug-likeness (QED) is 0.590. The summed E-state index contributed by atoms with van der Waals surface area (Å²) >= 11 is 0. The van der Waals surface area contributed by atoms with Gasteiger partial charge in [0.1, 0.15) is 16.3 Å². The number of carbonyl (C=O) groups is 1. The molecular weight excluding hydrogens is 404 g/mol. The third kappa shape index (κ3) is 4.31. The van der Waals surface area contributed by atoms with Gasteiger partial charge in [-0.2, -0.15) is 4.31 Å². The van der Waals surface area contributed by atoms with E-state index in [4.69, 9.17) is 4.52 Å². The molecule has 0 spiro atoms. The van der Waals surface area contributed by atoms with E-state index >= 15 is 0 Å². The zero-order chi connectivity index (χ0) is 21.9. The molecular formula is C21H26N4O4S. The van der Waals surface area contributed by atoms with Crippen LogP contribution in [0.5, 0.6) is 0 Å². The van der Waals surface area contributed by atoms with Gasteiger partial charge in [-0.1, -0.05) is 50.2 Å². The second-order valence-electron chi connectivity index (χ2n) is 6.84. The first-order valence-corrected chi connectivity index (χ1v) is 11.3. The molecule has 160 valence electrons. The van der Waals surface area contributed by atoms with Crippen LogP contribution in [0.25, 0.3) is 11.3 Å². The minimum Gasteiger partial charge on any atom is -0.345 e. The first-order valence-electron chi connectivity index (χ1n) is 9.84. The number of rotatable bonds is 8. The van der Waals surface area contributed by atoms with Crippen molar-refractivity contribution in [3.8, 4) is 11.3 Å². The van der Waals surface area contributed by atoms with Crippen LogP contribution in [0.1, 0.15) is 36.8 Å². The molecule has 0 atom stereocenters. The van der Waals surface area contributed by atoms with E-state index < -0.39 is 15.9 Å². The lowest BCUT2D eigenvalue weighted by molar-refractivity contribution is 0.101. The Morgan fingerprint density at radius 1 is 1.13 bits per heavy atom. The molecule has 3 rings (SSSR count). The van der Waals surface area contributed by atoms with Crippen molar-refractivity contribution in [1.29, 1.82) is 0 Å². The summed E-state index contributed by atoms with van der Waals surface area (Å²) in [5.74, 6) is -0.300. The van der Waals surface area contributed by atoms with Crippen molar-refractivity contribution < 1.29 is 17.7 Å². The highest BCUT2D eigenvalue weighted by Gasteiger charge is 2.25. The maximum absolute atomic E-state index is 12.7. The van der Waals surface area contributed by atoms with Gasteiger partial charge in [0.15, 0.2) is 0 Å². The highest BCUT2D eigenvalue weighted by Crippen LogP contribution is 2.24. The SMILES string of the molecule is CCc1ccc(-c2cc(NC(=O)c3cc(S(=O)(=O)N(CC)CC)cn3C)on2)cc1. The predicted octanol–water partition coefficient (Wildman–Crippen LogP) is 3.53. The van der Waals surface area contributed by atoms with Crippen molar-refractivity contribution in [2.45, 2.75) is 32.1 Å². The average molecular weight is 431 g/mol. The normalized spacial score (nSPS) is 11.8. The summed E-state index contributed by atoms with van der Waals surface area (Å²) in [5, 5.41) is 6.64. The summed E-state index contributed by atoms with van der Waals surface area (Å²) in [5.41, 5.74) is 2.90. The zero-order valence-electron chi connectivity index (χ0n) is 17.5. The number of nitrogens with zero attached hydrogens (tertiary/aromatic N) is 3. The van der Waals surface area contributed by atoms with Crippen molar-refractivity contribution in [3.05, 3.63) is 53.9 Å². The molecule has 0 aliphatic heterocycles. The Morgan fingerprint density at radius 2 is 1.80 bits per heavy atom. The van der Waals surface area contributed by atoms with E-state index in [0.717, 1.165) is 12.0 Å². The number of sulfonamides is 1. The lowest BCUT2D eigenvalue weighted by Crippen LogP contribution is -2.30. The summed E-state index contributed by atoms with van der Waals surface area (Å²) in [6.45, 7) is 6.34. The van der Waals surface area contributed by atoms with Gasteiger partial charge in [0.05, 0.1) is 0 Å². The van der Waals surface area contributed by atoms with Crippen LogP contribution in [-0.2, 0) is 23.5 Å². The maximum Gasteiger partial charge on any atom is 0.274 e. The summed E-state index contributed by atoms with van der Waals surface area (Å²) in [6, 6.07) is 10.9. The highest BCUT2D eigenvalue weighted by atomic mass is 32.2. The lowest BCUT2D eigenvalue weighted by atomic mass is 10.1. The van der Waals surface area contributed by atoms with Crippen LogP contribution < -0.4 is 5.32 Å². The van der Waals surface area contributed by atoms with Gasteiger partial charge in [-0.25, -0.2) is 8.42 Å². The van der Waals surface area contributed by atoms with Gasteiger partial charge in [-0.3, -0.25) is 10.1 Å². The molecule has 0 fully saturated rings. The fraction of sp³-hybridized carbons (Fsp3) is 0.333. The van der Waals surface area contributed by atoms with Crippen LogP contribution in [0.15, 0.2) is 52.0 Å². The van der Waals surface area contributed by atoms with Crippen molar-refractivity contribution in [1.82, 2.24) is 14.0 Å². The zero-order valence-corrected chi connectivity index (χ0v) is 18.4. The highest BCUT2D eigenvalue weighted by molar-refractivity contribution is 7.89. The molecule has 9 heteroatoms. The largest absolute Gasteiger partial charge is 0.345 e. The van der Waals surface area contributed by atoms with E-state index in [-0.39, 0.29) is 16.5 Å². The minimum absolute atomic E-state index is 0.0770. The Bertz CT molecular complexity index is 1130. The van der Waals surface area contributed by atoms with E-state index in [0.29, 0.717) is 18.8 Å². The second-order valence-corrected chi connectivity index (χ2v) is 8.78. The molecule has 0 unspecified atom stereocenters. The van der Waals surface area contributed by atoms with Crippen LogP contribution in [0.4, 0.5) is 5.88 Å². The molecule has 0 bridgehead atoms. The van der Waals surface area contributed by atoms with Gasteiger partial charge in [0.25, 0.3) is 5.91 Å². The fourth-order valence-electron chi connectivity index (χ4n) is 3.17. The molecule has 0 aliphatic carbocycles. The number of amides is 1. The molecule has 0 saturated heterocycles. The predicted molar refractivity (Wildman–Crippen MR) is 115 cm³/mol. The topological polar surface area (TPSA) is 97.4 Å². The van der Waals surface area contributed by atoms with E-state index in [1.54, 1.807) is 27.0 Å². The van der Waals surface area contributed by atoms with Crippen LogP contribution in [0.3, 0.4) is 0 Å². The third-order valence-electron chi connectivity index (χ3n) is 4.96.